The number of methoxy groups -OCH3 is 1. The van der Waals surface area contributed by atoms with E-state index >= 15 is 0 Å². The molecule has 0 fully saturated rings. The minimum absolute atomic E-state index is 0.0626. The summed E-state index contributed by atoms with van der Waals surface area (Å²) in [7, 11) is 1.62. The van der Waals surface area contributed by atoms with E-state index in [1.54, 1.807) is 19.2 Å². The Morgan fingerprint density at radius 2 is 1.65 bits per heavy atom. The predicted octanol–water partition coefficient (Wildman–Crippen LogP) is 3.31. The average molecular weight is 267 g/mol. The Morgan fingerprint density at radius 3 is 2.25 bits per heavy atom. The molecule has 0 bridgehead atoms. The van der Waals surface area contributed by atoms with Crippen molar-refractivity contribution in [3.8, 4) is 17.6 Å². The van der Waals surface area contributed by atoms with E-state index in [0.717, 1.165) is 22.4 Å². The highest BCUT2D eigenvalue weighted by molar-refractivity contribution is 5.48. The monoisotopic (exact) mass is 267 g/mol. The first-order chi connectivity index (χ1) is 9.60. The Labute approximate surface area is 117 Å². The van der Waals surface area contributed by atoms with Crippen LogP contribution in [-0.4, -0.2) is 12.0 Å². The Kier molecular flexibility index (Phi) is 4.02. The number of nitro groups is 1. The SMILES string of the molecule is COc1cc(C#Cc2ccc([N+](=O)[O-])cc2)ccc1C. The van der Waals surface area contributed by atoms with Gasteiger partial charge < -0.3 is 4.74 Å². The van der Waals surface area contributed by atoms with Crippen LogP contribution in [-0.2, 0) is 0 Å². The van der Waals surface area contributed by atoms with Crippen LogP contribution >= 0.6 is 0 Å². The fraction of sp³-hybridized carbons (Fsp3) is 0.125. The van der Waals surface area contributed by atoms with Crippen molar-refractivity contribution in [2.24, 2.45) is 0 Å². The Hall–Kier alpha value is -2.80. The summed E-state index contributed by atoms with van der Waals surface area (Å²) in [5.74, 6) is 6.77. The summed E-state index contributed by atoms with van der Waals surface area (Å²) in [6.45, 7) is 1.96. The molecule has 0 atom stereocenters. The normalized spacial score (nSPS) is 9.50. The third kappa shape index (κ3) is 3.15. The van der Waals surface area contributed by atoms with E-state index < -0.39 is 4.92 Å². The number of benzene rings is 2. The first-order valence-electron chi connectivity index (χ1n) is 6.01. The molecule has 0 aliphatic carbocycles. The first-order valence-corrected chi connectivity index (χ1v) is 6.01. The van der Waals surface area contributed by atoms with Gasteiger partial charge in [-0.25, -0.2) is 0 Å². The molecule has 20 heavy (non-hydrogen) atoms. The molecule has 0 spiro atoms. The van der Waals surface area contributed by atoms with Gasteiger partial charge in [0.15, 0.2) is 0 Å². The Balaban J connectivity index is 2.24. The summed E-state index contributed by atoms with van der Waals surface area (Å²) >= 11 is 0. The number of aryl methyl sites for hydroxylation is 1. The quantitative estimate of drug-likeness (QED) is 0.476. The van der Waals surface area contributed by atoms with Crippen LogP contribution in [0.25, 0.3) is 0 Å². The maximum Gasteiger partial charge on any atom is 0.269 e. The molecule has 0 aliphatic heterocycles. The zero-order chi connectivity index (χ0) is 14.5. The lowest BCUT2D eigenvalue weighted by atomic mass is 10.1. The molecule has 2 aromatic rings. The zero-order valence-electron chi connectivity index (χ0n) is 11.2. The molecule has 0 amide bonds. The van der Waals surface area contributed by atoms with E-state index in [-0.39, 0.29) is 5.69 Å². The fourth-order valence-corrected chi connectivity index (χ4v) is 1.71. The average Bonchev–Trinajstić information content (AvgIpc) is 2.46. The van der Waals surface area contributed by atoms with Crippen molar-refractivity contribution in [1.29, 1.82) is 0 Å². The van der Waals surface area contributed by atoms with Crippen molar-refractivity contribution in [1.82, 2.24) is 0 Å². The van der Waals surface area contributed by atoms with Crippen molar-refractivity contribution in [2.75, 3.05) is 7.11 Å². The highest BCUT2D eigenvalue weighted by Crippen LogP contribution is 2.18. The second-order valence-electron chi connectivity index (χ2n) is 4.24. The van der Waals surface area contributed by atoms with Crippen molar-refractivity contribution in [2.45, 2.75) is 6.92 Å². The molecule has 0 saturated heterocycles. The number of hydrogen-bond acceptors (Lipinski definition) is 3. The van der Waals surface area contributed by atoms with Gasteiger partial charge in [0.1, 0.15) is 5.75 Å². The second kappa shape index (κ2) is 5.89. The molecule has 4 heteroatoms. The van der Waals surface area contributed by atoms with Gasteiger partial charge in [-0.05, 0) is 36.8 Å². The first kappa shape index (κ1) is 13.6. The van der Waals surface area contributed by atoms with Gasteiger partial charge >= 0.3 is 0 Å². The number of nitrogens with zero attached hydrogens (tertiary/aromatic N) is 1. The molecular formula is C16H13NO3. The fourth-order valence-electron chi connectivity index (χ4n) is 1.71. The largest absolute Gasteiger partial charge is 0.496 e. The van der Waals surface area contributed by atoms with Crippen LogP contribution in [0.5, 0.6) is 5.75 Å². The van der Waals surface area contributed by atoms with Gasteiger partial charge in [-0.3, -0.25) is 10.1 Å². The summed E-state index contributed by atoms with van der Waals surface area (Å²) < 4.78 is 5.24. The van der Waals surface area contributed by atoms with E-state index in [4.69, 9.17) is 4.74 Å². The molecule has 0 unspecified atom stereocenters. The van der Waals surface area contributed by atoms with Gasteiger partial charge in [0, 0.05) is 23.3 Å². The lowest BCUT2D eigenvalue weighted by Crippen LogP contribution is -1.88. The lowest BCUT2D eigenvalue weighted by Gasteiger charge is -2.03. The number of rotatable bonds is 2. The summed E-state index contributed by atoms with van der Waals surface area (Å²) in [4.78, 5) is 10.1. The van der Waals surface area contributed by atoms with Gasteiger partial charge in [-0.15, -0.1) is 0 Å². The van der Waals surface area contributed by atoms with E-state index in [2.05, 4.69) is 11.8 Å². The van der Waals surface area contributed by atoms with Crippen molar-refractivity contribution >= 4 is 5.69 Å². The second-order valence-corrected chi connectivity index (χ2v) is 4.24. The van der Waals surface area contributed by atoms with Crippen LogP contribution in [0.4, 0.5) is 5.69 Å². The summed E-state index contributed by atoms with van der Waals surface area (Å²) in [5.41, 5.74) is 2.68. The molecule has 2 rings (SSSR count). The molecule has 0 N–H and O–H groups in total. The van der Waals surface area contributed by atoms with Crippen LogP contribution in [0.1, 0.15) is 16.7 Å². The van der Waals surface area contributed by atoms with Crippen molar-refractivity contribution in [3.63, 3.8) is 0 Å². The molecule has 100 valence electrons. The topological polar surface area (TPSA) is 52.4 Å². The number of non-ortho nitro benzene ring substituents is 1. The molecule has 4 nitrogen and oxygen atoms in total. The van der Waals surface area contributed by atoms with Gasteiger partial charge in [-0.2, -0.15) is 0 Å². The molecular weight excluding hydrogens is 254 g/mol. The molecule has 0 aromatic heterocycles. The standard InChI is InChI=1S/C16H13NO3/c1-12-3-4-14(11-16(12)20-2)6-5-13-7-9-15(10-8-13)17(18)19/h3-4,7-11H,1-2H3. The summed E-state index contributed by atoms with van der Waals surface area (Å²) in [5, 5.41) is 10.5. The highest BCUT2D eigenvalue weighted by atomic mass is 16.6. The molecule has 0 saturated carbocycles. The van der Waals surface area contributed by atoms with Crippen LogP contribution in [0, 0.1) is 28.9 Å². The predicted molar refractivity (Wildman–Crippen MR) is 76.8 cm³/mol. The Bertz CT molecular complexity index is 694. The van der Waals surface area contributed by atoms with Crippen molar-refractivity contribution in [3.05, 3.63) is 69.3 Å². The van der Waals surface area contributed by atoms with Crippen LogP contribution in [0.2, 0.25) is 0 Å². The minimum Gasteiger partial charge on any atom is -0.496 e. The Morgan fingerprint density at radius 1 is 1.05 bits per heavy atom. The lowest BCUT2D eigenvalue weighted by molar-refractivity contribution is -0.384. The highest BCUT2D eigenvalue weighted by Gasteiger charge is 2.02. The van der Waals surface area contributed by atoms with Gasteiger partial charge in [0.25, 0.3) is 5.69 Å². The molecule has 0 aliphatic rings. The maximum absolute atomic E-state index is 10.5. The van der Waals surface area contributed by atoms with Crippen LogP contribution in [0.3, 0.4) is 0 Å². The van der Waals surface area contributed by atoms with E-state index in [9.17, 15) is 10.1 Å². The number of ether oxygens (including phenoxy) is 1. The van der Waals surface area contributed by atoms with E-state index in [1.165, 1.54) is 12.1 Å². The molecule has 0 heterocycles. The van der Waals surface area contributed by atoms with E-state index in [1.807, 2.05) is 25.1 Å². The summed E-state index contributed by atoms with van der Waals surface area (Å²) in [6, 6.07) is 11.9. The van der Waals surface area contributed by atoms with Gasteiger partial charge in [-0.1, -0.05) is 17.9 Å². The molecule has 0 radical (unpaired) electrons. The van der Waals surface area contributed by atoms with Gasteiger partial charge in [0.05, 0.1) is 12.0 Å². The minimum atomic E-state index is -0.429. The van der Waals surface area contributed by atoms with Crippen LogP contribution < -0.4 is 4.74 Å². The van der Waals surface area contributed by atoms with Crippen molar-refractivity contribution < 1.29 is 9.66 Å². The van der Waals surface area contributed by atoms with Gasteiger partial charge in [0.2, 0.25) is 0 Å². The third-order valence-electron chi connectivity index (χ3n) is 2.84. The van der Waals surface area contributed by atoms with Crippen LogP contribution in [0.15, 0.2) is 42.5 Å². The summed E-state index contributed by atoms with van der Waals surface area (Å²) in [6.07, 6.45) is 0. The third-order valence-corrected chi connectivity index (χ3v) is 2.84. The maximum atomic E-state index is 10.5. The molecule has 2 aromatic carbocycles. The van der Waals surface area contributed by atoms with E-state index in [0.29, 0.717) is 0 Å². The smallest absolute Gasteiger partial charge is 0.269 e. The zero-order valence-corrected chi connectivity index (χ0v) is 11.2. The number of hydrogen-bond donors (Lipinski definition) is 0. The number of nitro benzene ring substituents is 1.